The molecule has 1 fully saturated rings. The van der Waals surface area contributed by atoms with Gasteiger partial charge in [-0.15, -0.1) is 0 Å². The molecular weight excluding hydrogens is 262 g/mol. The Hall–Kier alpha value is -1.91. The zero-order valence-corrected chi connectivity index (χ0v) is 12.1. The summed E-state index contributed by atoms with van der Waals surface area (Å²) in [6, 6.07) is 14.9. The lowest BCUT2D eigenvalue weighted by atomic mass is 10.1. The maximum Gasteiger partial charge on any atom is 0.137 e. The summed E-state index contributed by atoms with van der Waals surface area (Å²) in [7, 11) is 0. The molecule has 21 heavy (non-hydrogen) atoms. The maximum absolute atomic E-state index is 5.87. The normalized spacial score (nSPS) is 19.3. The largest absolute Gasteiger partial charge is 0.490 e. The second-order valence-electron chi connectivity index (χ2n) is 5.31. The average molecular weight is 283 g/mol. The van der Waals surface area contributed by atoms with Gasteiger partial charge >= 0.3 is 0 Å². The first-order valence-corrected chi connectivity index (χ1v) is 7.43. The van der Waals surface area contributed by atoms with Crippen molar-refractivity contribution in [3.63, 3.8) is 0 Å². The number of nitrogens with one attached hydrogen (secondary N) is 1. The van der Waals surface area contributed by atoms with E-state index < -0.39 is 0 Å². The minimum atomic E-state index is 0.388. The van der Waals surface area contributed by atoms with Crippen LogP contribution in [-0.4, -0.2) is 42.2 Å². The maximum atomic E-state index is 5.87. The number of aromatic nitrogens is 1. The molecule has 1 aromatic carbocycles. The minimum absolute atomic E-state index is 0.388. The summed E-state index contributed by atoms with van der Waals surface area (Å²) in [5, 5.41) is 3.45. The van der Waals surface area contributed by atoms with E-state index in [-0.39, 0.29) is 0 Å². The van der Waals surface area contributed by atoms with Crippen LogP contribution >= 0.6 is 0 Å². The molecule has 0 bridgehead atoms. The van der Waals surface area contributed by atoms with Crippen LogP contribution in [0.2, 0.25) is 0 Å². The van der Waals surface area contributed by atoms with E-state index in [0.29, 0.717) is 12.6 Å². The Balaban J connectivity index is 1.59. The number of hydrogen-bond donors (Lipinski definition) is 1. The van der Waals surface area contributed by atoms with E-state index in [1.807, 2.05) is 12.1 Å². The number of piperazine rings is 1. The second-order valence-corrected chi connectivity index (χ2v) is 5.31. The number of nitrogens with zero attached hydrogens (tertiary/aromatic N) is 2. The summed E-state index contributed by atoms with van der Waals surface area (Å²) < 4.78 is 5.87. The van der Waals surface area contributed by atoms with E-state index in [1.165, 1.54) is 5.56 Å². The van der Waals surface area contributed by atoms with Crippen molar-refractivity contribution in [1.29, 1.82) is 0 Å². The van der Waals surface area contributed by atoms with Gasteiger partial charge in [0, 0.05) is 32.4 Å². The van der Waals surface area contributed by atoms with Gasteiger partial charge in [-0.2, -0.15) is 0 Å². The lowest BCUT2D eigenvalue weighted by molar-refractivity contribution is 0.104. The van der Waals surface area contributed by atoms with Crippen LogP contribution in [0.1, 0.15) is 5.56 Å². The van der Waals surface area contributed by atoms with Gasteiger partial charge in [0.1, 0.15) is 12.4 Å². The molecule has 1 aliphatic heterocycles. The number of benzene rings is 1. The first kappa shape index (κ1) is 14.0. The molecule has 0 spiro atoms. The Bertz CT molecular complexity index is 532. The quantitative estimate of drug-likeness (QED) is 0.910. The molecule has 0 amide bonds. The third kappa shape index (κ3) is 4.03. The molecule has 1 aromatic heterocycles. The highest BCUT2D eigenvalue weighted by Gasteiger charge is 2.22. The summed E-state index contributed by atoms with van der Waals surface area (Å²) in [5.74, 6) is 0.836. The van der Waals surface area contributed by atoms with Crippen LogP contribution in [0.3, 0.4) is 0 Å². The van der Waals surface area contributed by atoms with E-state index in [9.17, 15) is 0 Å². The van der Waals surface area contributed by atoms with E-state index in [0.717, 1.165) is 31.9 Å². The fourth-order valence-electron chi connectivity index (χ4n) is 2.62. The lowest BCUT2D eigenvalue weighted by Crippen LogP contribution is -2.53. The van der Waals surface area contributed by atoms with Crippen LogP contribution in [0.15, 0.2) is 54.9 Å². The first-order chi connectivity index (χ1) is 10.4. The van der Waals surface area contributed by atoms with Crippen molar-refractivity contribution in [3.8, 4) is 5.75 Å². The SMILES string of the molecule is c1ccc(CN2CCNCC2COc2cccnc2)cc1. The predicted molar refractivity (Wildman–Crippen MR) is 83.2 cm³/mol. The first-order valence-electron chi connectivity index (χ1n) is 7.43. The average Bonchev–Trinajstić information content (AvgIpc) is 2.56. The van der Waals surface area contributed by atoms with Crippen molar-refractivity contribution < 1.29 is 4.74 Å². The summed E-state index contributed by atoms with van der Waals surface area (Å²) in [5.41, 5.74) is 1.35. The van der Waals surface area contributed by atoms with Crippen molar-refractivity contribution in [1.82, 2.24) is 15.2 Å². The second kappa shape index (κ2) is 7.20. The number of hydrogen-bond acceptors (Lipinski definition) is 4. The number of ether oxygens (including phenoxy) is 1. The molecule has 3 rings (SSSR count). The molecule has 1 atom stereocenters. The molecule has 1 unspecified atom stereocenters. The summed E-state index contributed by atoms with van der Waals surface area (Å²) >= 11 is 0. The van der Waals surface area contributed by atoms with E-state index in [2.05, 4.69) is 45.5 Å². The van der Waals surface area contributed by atoms with Gasteiger partial charge in [-0.3, -0.25) is 9.88 Å². The van der Waals surface area contributed by atoms with Crippen LogP contribution in [0, 0.1) is 0 Å². The van der Waals surface area contributed by atoms with Gasteiger partial charge < -0.3 is 10.1 Å². The molecule has 0 radical (unpaired) electrons. The van der Waals surface area contributed by atoms with Crippen molar-refractivity contribution in [2.45, 2.75) is 12.6 Å². The fourth-order valence-corrected chi connectivity index (χ4v) is 2.62. The number of rotatable bonds is 5. The molecule has 1 aliphatic rings. The molecule has 2 aromatic rings. The standard InChI is InChI=1S/C17H21N3O/c1-2-5-15(6-3-1)13-20-10-9-19-11-16(20)14-21-17-7-4-8-18-12-17/h1-8,12,16,19H,9-11,13-14H2. The van der Waals surface area contributed by atoms with Crippen LogP contribution in [0.5, 0.6) is 5.75 Å². The summed E-state index contributed by atoms with van der Waals surface area (Å²) in [6.45, 7) is 4.72. The van der Waals surface area contributed by atoms with E-state index >= 15 is 0 Å². The zero-order valence-electron chi connectivity index (χ0n) is 12.1. The fraction of sp³-hybridized carbons (Fsp3) is 0.353. The molecule has 4 nitrogen and oxygen atoms in total. The zero-order chi connectivity index (χ0) is 14.3. The molecule has 1 N–H and O–H groups in total. The molecule has 0 aliphatic carbocycles. The van der Waals surface area contributed by atoms with Crippen molar-refractivity contribution in [2.24, 2.45) is 0 Å². The van der Waals surface area contributed by atoms with Gasteiger partial charge in [-0.1, -0.05) is 30.3 Å². The van der Waals surface area contributed by atoms with Gasteiger partial charge in [0.2, 0.25) is 0 Å². The molecule has 2 heterocycles. The Kier molecular flexibility index (Phi) is 4.82. The Morgan fingerprint density at radius 3 is 2.90 bits per heavy atom. The summed E-state index contributed by atoms with van der Waals surface area (Å²) in [4.78, 5) is 6.57. The van der Waals surface area contributed by atoms with Crippen LogP contribution in [0.25, 0.3) is 0 Å². The Morgan fingerprint density at radius 1 is 1.19 bits per heavy atom. The smallest absolute Gasteiger partial charge is 0.137 e. The van der Waals surface area contributed by atoms with Crippen molar-refractivity contribution in [2.75, 3.05) is 26.2 Å². The molecule has 4 heteroatoms. The van der Waals surface area contributed by atoms with E-state index in [4.69, 9.17) is 4.74 Å². The number of pyridine rings is 1. The molecule has 0 saturated carbocycles. The molecule has 1 saturated heterocycles. The van der Waals surface area contributed by atoms with Crippen molar-refractivity contribution >= 4 is 0 Å². The highest BCUT2D eigenvalue weighted by atomic mass is 16.5. The molecule has 110 valence electrons. The van der Waals surface area contributed by atoms with E-state index in [1.54, 1.807) is 12.4 Å². The van der Waals surface area contributed by atoms with Gasteiger partial charge in [0.25, 0.3) is 0 Å². The Morgan fingerprint density at radius 2 is 2.10 bits per heavy atom. The predicted octanol–water partition coefficient (Wildman–Crippen LogP) is 1.93. The van der Waals surface area contributed by atoms with Gasteiger partial charge in [-0.05, 0) is 17.7 Å². The lowest BCUT2D eigenvalue weighted by Gasteiger charge is -2.36. The van der Waals surface area contributed by atoms with Gasteiger partial charge in [0.15, 0.2) is 0 Å². The summed E-state index contributed by atoms with van der Waals surface area (Å²) in [6.07, 6.45) is 3.52. The minimum Gasteiger partial charge on any atom is -0.490 e. The third-order valence-corrected chi connectivity index (χ3v) is 3.78. The third-order valence-electron chi connectivity index (χ3n) is 3.78. The Labute approximate surface area is 125 Å². The van der Waals surface area contributed by atoms with Crippen LogP contribution < -0.4 is 10.1 Å². The van der Waals surface area contributed by atoms with Crippen LogP contribution in [-0.2, 0) is 6.54 Å². The van der Waals surface area contributed by atoms with Crippen molar-refractivity contribution in [3.05, 3.63) is 60.4 Å². The van der Waals surface area contributed by atoms with Gasteiger partial charge in [-0.25, -0.2) is 0 Å². The topological polar surface area (TPSA) is 37.4 Å². The van der Waals surface area contributed by atoms with Gasteiger partial charge in [0.05, 0.1) is 12.2 Å². The van der Waals surface area contributed by atoms with Crippen LogP contribution in [0.4, 0.5) is 0 Å². The monoisotopic (exact) mass is 283 g/mol. The highest BCUT2D eigenvalue weighted by Crippen LogP contribution is 2.13. The molecular formula is C17H21N3O. The highest BCUT2D eigenvalue weighted by molar-refractivity contribution is 5.16.